The Morgan fingerprint density at radius 2 is 2.21 bits per heavy atom. The summed E-state index contributed by atoms with van der Waals surface area (Å²) in [6, 6.07) is 7.01. The van der Waals surface area contributed by atoms with Gasteiger partial charge < -0.3 is 14.6 Å². The molecule has 1 aliphatic heterocycles. The summed E-state index contributed by atoms with van der Waals surface area (Å²) in [6.07, 6.45) is -0.799. The first-order chi connectivity index (χ1) is 8.97. The third-order valence-electron chi connectivity index (χ3n) is 2.89. The van der Waals surface area contributed by atoms with E-state index in [1.807, 2.05) is 13.8 Å². The van der Waals surface area contributed by atoms with Crippen molar-refractivity contribution in [2.45, 2.75) is 32.5 Å². The molecular formula is C14H16O5. The van der Waals surface area contributed by atoms with E-state index in [9.17, 15) is 9.59 Å². The molecule has 1 heterocycles. The number of rotatable bonds is 4. The second kappa shape index (κ2) is 5.30. The first-order valence-electron chi connectivity index (χ1n) is 6.16. The standard InChI is InChI=1S/C14H16O5/c1-8(2)18-10-5-3-4-9(6-10)13-11(14(16)17)7-12(15)19-13/h3-6,8,11,13H,7H2,1-2H3,(H,16,17)/t11-,13+/m1/s1. The summed E-state index contributed by atoms with van der Waals surface area (Å²) in [7, 11) is 0. The molecule has 2 atom stereocenters. The molecule has 1 saturated heterocycles. The molecule has 0 amide bonds. The predicted octanol–water partition coefficient (Wildman–Crippen LogP) is 2.16. The maximum absolute atomic E-state index is 11.3. The topological polar surface area (TPSA) is 72.8 Å². The molecule has 102 valence electrons. The summed E-state index contributed by atoms with van der Waals surface area (Å²) < 4.78 is 10.7. The molecule has 19 heavy (non-hydrogen) atoms. The SMILES string of the molecule is CC(C)Oc1cccc([C@@H]2OC(=O)C[C@H]2C(=O)O)c1. The molecule has 1 aliphatic rings. The van der Waals surface area contributed by atoms with Crippen molar-refractivity contribution in [1.29, 1.82) is 0 Å². The first-order valence-corrected chi connectivity index (χ1v) is 6.16. The Morgan fingerprint density at radius 1 is 1.47 bits per heavy atom. The number of carboxylic acids is 1. The fraction of sp³-hybridized carbons (Fsp3) is 0.429. The Labute approximate surface area is 111 Å². The van der Waals surface area contributed by atoms with Crippen LogP contribution in [0.4, 0.5) is 0 Å². The Bertz CT molecular complexity index is 494. The summed E-state index contributed by atoms with van der Waals surface area (Å²) in [6.45, 7) is 3.81. The Morgan fingerprint density at radius 3 is 2.84 bits per heavy atom. The van der Waals surface area contributed by atoms with E-state index >= 15 is 0 Å². The molecule has 0 spiro atoms. The zero-order chi connectivity index (χ0) is 14.0. The summed E-state index contributed by atoms with van der Waals surface area (Å²) in [5.74, 6) is -1.69. The van der Waals surface area contributed by atoms with Gasteiger partial charge >= 0.3 is 11.9 Å². The molecule has 0 bridgehead atoms. The van der Waals surface area contributed by atoms with E-state index in [4.69, 9.17) is 14.6 Å². The zero-order valence-electron chi connectivity index (χ0n) is 10.8. The van der Waals surface area contributed by atoms with Gasteiger partial charge in [0.05, 0.1) is 12.5 Å². The van der Waals surface area contributed by atoms with Crippen LogP contribution >= 0.6 is 0 Å². The van der Waals surface area contributed by atoms with Gasteiger partial charge in [-0.15, -0.1) is 0 Å². The van der Waals surface area contributed by atoms with E-state index in [1.165, 1.54) is 0 Å². The van der Waals surface area contributed by atoms with E-state index in [1.54, 1.807) is 24.3 Å². The van der Waals surface area contributed by atoms with Gasteiger partial charge in [0, 0.05) is 0 Å². The highest BCUT2D eigenvalue weighted by Gasteiger charge is 2.40. The largest absolute Gasteiger partial charge is 0.491 e. The van der Waals surface area contributed by atoms with Crippen molar-refractivity contribution in [3.05, 3.63) is 29.8 Å². The summed E-state index contributed by atoms with van der Waals surface area (Å²) in [5.41, 5.74) is 0.649. The van der Waals surface area contributed by atoms with Gasteiger partial charge in [-0.3, -0.25) is 9.59 Å². The molecule has 1 N–H and O–H groups in total. The van der Waals surface area contributed by atoms with Crippen LogP contribution in [0.3, 0.4) is 0 Å². The van der Waals surface area contributed by atoms with Gasteiger partial charge in [-0.1, -0.05) is 12.1 Å². The fourth-order valence-corrected chi connectivity index (χ4v) is 2.11. The van der Waals surface area contributed by atoms with Gasteiger partial charge in [0.1, 0.15) is 17.8 Å². The number of benzene rings is 1. The van der Waals surface area contributed by atoms with Crippen molar-refractivity contribution in [1.82, 2.24) is 0 Å². The Hall–Kier alpha value is -2.04. The van der Waals surface area contributed by atoms with E-state index in [0.717, 1.165) is 0 Å². The summed E-state index contributed by atoms with van der Waals surface area (Å²) in [5, 5.41) is 9.11. The minimum absolute atomic E-state index is 0.0247. The molecular weight excluding hydrogens is 248 g/mol. The van der Waals surface area contributed by atoms with Crippen LogP contribution in [0, 0.1) is 5.92 Å². The van der Waals surface area contributed by atoms with Crippen LogP contribution in [0.5, 0.6) is 5.75 Å². The van der Waals surface area contributed by atoms with Crippen molar-refractivity contribution in [3.8, 4) is 5.75 Å². The molecule has 0 aromatic heterocycles. The number of carbonyl (C=O) groups excluding carboxylic acids is 1. The van der Waals surface area contributed by atoms with Gasteiger partial charge in [-0.25, -0.2) is 0 Å². The lowest BCUT2D eigenvalue weighted by atomic mass is 9.95. The quantitative estimate of drug-likeness (QED) is 0.844. The maximum Gasteiger partial charge on any atom is 0.311 e. The van der Waals surface area contributed by atoms with Gasteiger partial charge in [0.15, 0.2) is 0 Å². The summed E-state index contributed by atoms with van der Waals surface area (Å²) >= 11 is 0. The lowest BCUT2D eigenvalue weighted by Crippen LogP contribution is -2.17. The number of aliphatic carboxylic acids is 1. The van der Waals surface area contributed by atoms with Gasteiger partial charge in [0.25, 0.3) is 0 Å². The van der Waals surface area contributed by atoms with Crippen LogP contribution < -0.4 is 4.74 Å². The molecule has 0 saturated carbocycles. The van der Waals surface area contributed by atoms with Gasteiger partial charge in [-0.05, 0) is 31.5 Å². The van der Waals surface area contributed by atoms with Crippen LogP contribution in [-0.4, -0.2) is 23.1 Å². The number of hydrogen-bond acceptors (Lipinski definition) is 4. The smallest absolute Gasteiger partial charge is 0.311 e. The summed E-state index contributed by atoms with van der Waals surface area (Å²) in [4.78, 5) is 22.4. The van der Waals surface area contributed by atoms with Crippen molar-refractivity contribution < 1.29 is 24.2 Å². The third kappa shape index (κ3) is 3.05. The minimum atomic E-state index is -1.02. The number of cyclic esters (lactones) is 1. The van der Waals surface area contributed by atoms with Crippen LogP contribution in [0.15, 0.2) is 24.3 Å². The molecule has 2 rings (SSSR count). The highest BCUT2D eigenvalue weighted by molar-refractivity contribution is 5.82. The molecule has 1 aromatic rings. The minimum Gasteiger partial charge on any atom is -0.491 e. The van der Waals surface area contributed by atoms with Crippen molar-refractivity contribution in [2.24, 2.45) is 5.92 Å². The highest BCUT2D eigenvalue weighted by Crippen LogP contribution is 2.36. The zero-order valence-corrected chi connectivity index (χ0v) is 10.8. The first kappa shape index (κ1) is 13.4. The second-order valence-electron chi connectivity index (χ2n) is 4.80. The maximum atomic E-state index is 11.3. The monoisotopic (exact) mass is 264 g/mol. The number of esters is 1. The third-order valence-corrected chi connectivity index (χ3v) is 2.89. The van der Waals surface area contributed by atoms with Crippen LogP contribution in [0.1, 0.15) is 31.9 Å². The molecule has 0 aliphatic carbocycles. The van der Waals surface area contributed by atoms with E-state index in [0.29, 0.717) is 11.3 Å². The van der Waals surface area contributed by atoms with Crippen molar-refractivity contribution in [3.63, 3.8) is 0 Å². The van der Waals surface area contributed by atoms with Crippen molar-refractivity contribution >= 4 is 11.9 Å². The van der Waals surface area contributed by atoms with Crippen LogP contribution in [-0.2, 0) is 14.3 Å². The predicted molar refractivity (Wildman–Crippen MR) is 66.8 cm³/mol. The molecule has 0 unspecified atom stereocenters. The van der Waals surface area contributed by atoms with Crippen LogP contribution in [0.25, 0.3) is 0 Å². The lowest BCUT2D eigenvalue weighted by molar-refractivity contribution is -0.144. The average Bonchev–Trinajstić information content (AvgIpc) is 2.71. The van der Waals surface area contributed by atoms with Gasteiger partial charge in [0.2, 0.25) is 0 Å². The average molecular weight is 264 g/mol. The van der Waals surface area contributed by atoms with E-state index < -0.39 is 24.0 Å². The normalized spacial score (nSPS) is 22.4. The van der Waals surface area contributed by atoms with Crippen molar-refractivity contribution in [2.75, 3.05) is 0 Å². The number of hydrogen-bond donors (Lipinski definition) is 1. The second-order valence-corrected chi connectivity index (χ2v) is 4.80. The number of ether oxygens (including phenoxy) is 2. The fourth-order valence-electron chi connectivity index (χ4n) is 2.11. The molecule has 1 aromatic carbocycles. The van der Waals surface area contributed by atoms with E-state index in [-0.39, 0.29) is 12.5 Å². The molecule has 1 fully saturated rings. The van der Waals surface area contributed by atoms with Gasteiger partial charge in [-0.2, -0.15) is 0 Å². The molecule has 5 nitrogen and oxygen atoms in total. The number of carbonyl (C=O) groups is 2. The molecule has 0 radical (unpaired) electrons. The lowest BCUT2D eigenvalue weighted by Gasteiger charge is -2.16. The Balaban J connectivity index is 2.25. The number of carboxylic acid groups (broad SMARTS) is 1. The van der Waals surface area contributed by atoms with Crippen LogP contribution in [0.2, 0.25) is 0 Å². The van der Waals surface area contributed by atoms with E-state index in [2.05, 4.69) is 0 Å². The molecule has 5 heteroatoms. The highest BCUT2D eigenvalue weighted by atomic mass is 16.6. The Kier molecular flexibility index (Phi) is 3.74.